The minimum Gasteiger partial charge on any atom is -0.479 e. The Labute approximate surface area is 160 Å². The summed E-state index contributed by atoms with van der Waals surface area (Å²) in [4.78, 5) is 12.8. The van der Waals surface area contributed by atoms with E-state index in [2.05, 4.69) is 20.3 Å². The van der Waals surface area contributed by atoms with Crippen LogP contribution in [0.15, 0.2) is 30.6 Å². The molecule has 0 radical (unpaired) electrons. The van der Waals surface area contributed by atoms with Gasteiger partial charge in [0.05, 0.1) is 38.9 Å². The molecule has 0 aliphatic carbocycles. The molecule has 2 heterocycles. The molecule has 4 aromatic rings. The highest BCUT2D eigenvalue weighted by atomic mass is 35.5. The van der Waals surface area contributed by atoms with Gasteiger partial charge in [-0.25, -0.2) is 23.7 Å². The van der Waals surface area contributed by atoms with Crippen molar-refractivity contribution in [2.24, 2.45) is 0 Å². The van der Waals surface area contributed by atoms with E-state index in [1.54, 1.807) is 12.1 Å². The zero-order chi connectivity index (χ0) is 19.1. The second kappa shape index (κ2) is 6.67. The van der Waals surface area contributed by atoms with E-state index in [0.29, 0.717) is 27.2 Å². The Morgan fingerprint density at radius 2 is 1.93 bits per heavy atom. The second-order valence-electron chi connectivity index (χ2n) is 5.45. The molecular formula is C17H10ClF2N5OS. The Morgan fingerprint density at radius 3 is 2.70 bits per heavy atom. The number of benzene rings is 2. The lowest BCUT2D eigenvalue weighted by Crippen LogP contribution is -1.99. The third-order valence-electron chi connectivity index (χ3n) is 3.82. The van der Waals surface area contributed by atoms with Crippen molar-refractivity contribution in [3.8, 4) is 0 Å². The van der Waals surface area contributed by atoms with E-state index in [4.69, 9.17) is 21.7 Å². The molecule has 2 N–H and O–H groups in total. The number of thiazole rings is 1. The van der Waals surface area contributed by atoms with Crippen LogP contribution in [0.1, 0.15) is 5.01 Å². The van der Waals surface area contributed by atoms with Gasteiger partial charge in [-0.2, -0.15) is 0 Å². The van der Waals surface area contributed by atoms with Gasteiger partial charge in [0, 0.05) is 6.07 Å². The summed E-state index contributed by atoms with van der Waals surface area (Å²) in [5.41, 5.74) is 1.43. The highest BCUT2D eigenvalue weighted by Gasteiger charge is 2.16. The molecule has 27 heavy (non-hydrogen) atoms. The molecule has 0 amide bonds. The van der Waals surface area contributed by atoms with Crippen molar-refractivity contribution in [2.75, 3.05) is 12.4 Å². The largest absolute Gasteiger partial charge is 0.479 e. The number of nitrogens with zero attached hydrogens (tertiary/aromatic N) is 3. The molecule has 0 aliphatic rings. The van der Waals surface area contributed by atoms with E-state index < -0.39 is 11.6 Å². The van der Waals surface area contributed by atoms with Gasteiger partial charge in [-0.1, -0.05) is 11.6 Å². The average Bonchev–Trinajstić information content (AvgIpc) is 3.10. The number of ether oxygens (including phenoxy) is 1. The summed E-state index contributed by atoms with van der Waals surface area (Å²) in [5.74, 6) is -1.76. The Balaban J connectivity index is 1.91. The van der Waals surface area contributed by atoms with Crippen molar-refractivity contribution in [3.05, 3.63) is 52.3 Å². The maximum Gasteiger partial charge on any atom is 0.242 e. The number of rotatable bonds is 3. The average molecular weight is 406 g/mol. The normalized spacial score (nSPS) is 11.1. The topological polar surface area (TPSA) is 83.8 Å². The monoisotopic (exact) mass is 405 g/mol. The molecule has 2 aromatic heterocycles. The first kappa shape index (κ1) is 17.5. The number of methoxy groups -OCH3 is 1. The van der Waals surface area contributed by atoms with E-state index in [9.17, 15) is 8.78 Å². The molecule has 4 rings (SSSR count). The second-order valence-corrected chi connectivity index (χ2v) is 6.86. The zero-order valence-corrected chi connectivity index (χ0v) is 15.3. The highest BCUT2D eigenvalue weighted by Crippen LogP contribution is 2.36. The quantitative estimate of drug-likeness (QED) is 0.288. The van der Waals surface area contributed by atoms with Crippen LogP contribution in [0.3, 0.4) is 0 Å². The van der Waals surface area contributed by atoms with Gasteiger partial charge in [-0.05, 0) is 18.2 Å². The van der Waals surface area contributed by atoms with Gasteiger partial charge >= 0.3 is 0 Å². The summed E-state index contributed by atoms with van der Waals surface area (Å²) in [6.07, 6.45) is 1.35. The Morgan fingerprint density at radius 1 is 1.19 bits per heavy atom. The number of hydrogen-bond acceptors (Lipinski definition) is 7. The third-order valence-corrected chi connectivity index (χ3v) is 5.22. The summed E-state index contributed by atoms with van der Waals surface area (Å²) in [6, 6.07) is 5.40. The lowest BCUT2D eigenvalue weighted by molar-refractivity contribution is 0.401. The predicted octanol–water partition coefficient (Wildman–Crippen LogP) is 4.89. The van der Waals surface area contributed by atoms with Crippen molar-refractivity contribution < 1.29 is 13.5 Å². The first-order chi connectivity index (χ1) is 13.0. The Hall–Kier alpha value is -2.91. The van der Waals surface area contributed by atoms with Gasteiger partial charge < -0.3 is 10.1 Å². The van der Waals surface area contributed by atoms with E-state index in [-0.39, 0.29) is 16.6 Å². The van der Waals surface area contributed by atoms with E-state index in [1.165, 1.54) is 24.8 Å². The molecule has 0 spiro atoms. The third kappa shape index (κ3) is 3.04. The van der Waals surface area contributed by atoms with Crippen LogP contribution in [0.2, 0.25) is 5.02 Å². The summed E-state index contributed by atoms with van der Waals surface area (Å²) in [5, 5.41) is 11.8. The number of nitrogens with one attached hydrogen (secondary N) is 2. The minimum absolute atomic E-state index is 0.0130. The minimum atomic E-state index is -1.04. The standard InChI is InChI=1S/C17H10ClF2N5OS/c1-26-15(21)17-25-11-3-2-10-13(14(11)27-17)16(23-6-22-10)24-12-5-9(20)8(19)4-7(12)18/h2-6,21H,1H3,(H,22,23,24). The number of anilines is 2. The molecule has 10 heteroatoms. The molecule has 0 saturated carbocycles. The van der Waals surface area contributed by atoms with Crippen molar-refractivity contribution >= 4 is 61.5 Å². The van der Waals surface area contributed by atoms with Crippen LogP contribution in [-0.4, -0.2) is 28.0 Å². The fourth-order valence-corrected chi connectivity index (χ4v) is 3.79. The Kier molecular flexibility index (Phi) is 4.33. The van der Waals surface area contributed by atoms with Crippen molar-refractivity contribution in [2.45, 2.75) is 0 Å². The van der Waals surface area contributed by atoms with Gasteiger partial charge in [0.2, 0.25) is 5.90 Å². The maximum atomic E-state index is 13.6. The molecule has 2 aromatic carbocycles. The van der Waals surface area contributed by atoms with E-state index >= 15 is 0 Å². The van der Waals surface area contributed by atoms with Crippen LogP contribution >= 0.6 is 22.9 Å². The van der Waals surface area contributed by atoms with Crippen LogP contribution in [0.5, 0.6) is 0 Å². The highest BCUT2D eigenvalue weighted by molar-refractivity contribution is 7.21. The first-order valence-corrected chi connectivity index (χ1v) is 8.76. The molecule has 0 aliphatic heterocycles. The van der Waals surface area contributed by atoms with Crippen molar-refractivity contribution in [3.63, 3.8) is 0 Å². The number of aromatic nitrogens is 3. The number of hydrogen-bond donors (Lipinski definition) is 2. The molecule has 0 fully saturated rings. The Bertz CT molecular complexity index is 1210. The summed E-state index contributed by atoms with van der Waals surface area (Å²) >= 11 is 7.26. The van der Waals surface area contributed by atoms with E-state index in [1.807, 2.05) is 0 Å². The number of halogens is 3. The summed E-state index contributed by atoms with van der Waals surface area (Å²) in [6.45, 7) is 0. The van der Waals surface area contributed by atoms with Crippen molar-refractivity contribution in [1.82, 2.24) is 15.0 Å². The predicted molar refractivity (Wildman–Crippen MR) is 101 cm³/mol. The number of fused-ring (bicyclic) bond motifs is 3. The first-order valence-electron chi connectivity index (χ1n) is 7.56. The molecule has 136 valence electrons. The maximum absolute atomic E-state index is 13.6. The SMILES string of the molecule is COC(=N)c1nc2ccc3ncnc(Nc4cc(F)c(F)cc4Cl)c3c2s1. The molecule has 0 atom stereocenters. The molecular weight excluding hydrogens is 396 g/mol. The molecule has 0 unspecified atom stereocenters. The summed E-state index contributed by atoms with van der Waals surface area (Å²) < 4.78 is 32.6. The van der Waals surface area contributed by atoms with Gasteiger partial charge in [-0.3, -0.25) is 5.41 Å². The van der Waals surface area contributed by atoms with Crippen molar-refractivity contribution in [1.29, 1.82) is 5.41 Å². The summed E-state index contributed by atoms with van der Waals surface area (Å²) in [7, 11) is 1.40. The van der Waals surface area contributed by atoms with Crippen LogP contribution in [0, 0.1) is 17.0 Å². The molecule has 0 bridgehead atoms. The van der Waals surface area contributed by atoms with Crippen LogP contribution in [0.25, 0.3) is 21.1 Å². The van der Waals surface area contributed by atoms with Crippen LogP contribution in [0.4, 0.5) is 20.3 Å². The molecule has 6 nitrogen and oxygen atoms in total. The van der Waals surface area contributed by atoms with Crippen LogP contribution < -0.4 is 5.32 Å². The lowest BCUT2D eigenvalue weighted by Gasteiger charge is -2.10. The van der Waals surface area contributed by atoms with Crippen LogP contribution in [-0.2, 0) is 4.74 Å². The fourth-order valence-electron chi connectivity index (χ4n) is 2.56. The van der Waals surface area contributed by atoms with Gasteiger partial charge in [0.25, 0.3) is 0 Å². The fraction of sp³-hybridized carbons (Fsp3) is 0.0588. The molecule has 0 saturated heterocycles. The zero-order valence-electron chi connectivity index (χ0n) is 13.7. The van der Waals surface area contributed by atoms with Gasteiger partial charge in [-0.15, -0.1) is 11.3 Å². The lowest BCUT2D eigenvalue weighted by atomic mass is 10.2. The van der Waals surface area contributed by atoms with Gasteiger partial charge in [0.15, 0.2) is 16.6 Å². The van der Waals surface area contributed by atoms with Gasteiger partial charge in [0.1, 0.15) is 12.1 Å². The smallest absolute Gasteiger partial charge is 0.242 e. The van der Waals surface area contributed by atoms with E-state index in [0.717, 1.165) is 16.8 Å².